The molecule has 0 heterocycles. The van der Waals surface area contributed by atoms with Gasteiger partial charge in [-0.25, -0.2) is 0 Å². The van der Waals surface area contributed by atoms with E-state index in [0.717, 1.165) is 0 Å². The van der Waals surface area contributed by atoms with Gasteiger partial charge in [-0.05, 0) is 18.2 Å². The minimum absolute atomic E-state index is 0.0440. The molecule has 0 radical (unpaired) electrons. The Labute approximate surface area is 146 Å². The van der Waals surface area contributed by atoms with Gasteiger partial charge in [0, 0.05) is 5.69 Å². The van der Waals surface area contributed by atoms with Gasteiger partial charge in [0.25, 0.3) is 0 Å². The molecule has 1 aromatic rings. The summed E-state index contributed by atoms with van der Waals surface area (Å²) in [6, 6.07) is 0.730. The van der Waals surface area contributed by atoms with Crippen molar-refractivity contribution in [3.8, 4) is 0 Å². The molecule has 0 fully saturated rings. The molecule has 136 valence electrons. The Morgan fingerprint density at radius 1 is 1.04 bits per heavy atom. The molecule has 10 heteroatoms. The van der Waals surface area contributed by atoms with Crippen LogP contribution in [0.4, 0.5) is 32.0 Å². The van der Waals surface area contributed by atoms with E-state index in [1.54, 1.807) is 0 Å². The number of alkyl halides is 7. The van der Waals surface area contributed by atoms with E-state index in [4.69, 9.17) is 0 Å². The average Bonchev–Trinajstić information content (AvgIpc) is 2.48. The van der Waals surface area contributed by atoms with Crippen molar-refractivity contribution in [3.05, 3.63) is 53.6 Å². The fraction of sp³-hybridized carbons (Fsp3) is 0.267. The normalized spacial score (nSPS) is 23.6. The van der Waals surface area contributed by atoms with Crippen LogP contribution >= 0.6 is 15.9 Å². The van der Waals surface area contributed by atoms with Gasteiger partial charge in [-0.1, -0.05) is 40.2 Å². The quantitative estimate of drug-likeness (QED) is 0.544. The number of aliphatic hydroxyl groups excluding tert-OH is 1. The summed E-state index contributed by atoms with van der Waals surface area (Å²) < 4.78 is 75.2. The molecule has 2 unspecified atom stereocenters. The third-order valence-electron chi connectivity index (χ3n) is 3.37. The number of rotatable bonds is 2. The van der Waals surface area contributed by atoms with Crippen molar-refractivity contribution in [2.24, 2.45) is 0 Å². The van der Waals surface area contributed by atoms with Crippen LogP contribution in [0.1, 0.15) is 11.1 Å². The van der Waals surface area contributed by atoms with Crippen molar-refractivity contribution >= 4 is 27.5 Å². The summed E-state index contributed by atoms with van der Waals surface area (Å²) in [7, 11) is 0. The maximum Gasteiger partial charge on any atom is 0.416 e. The van der Waals surface area contributed by atoms with Gasteiger partial charge in [0.05, 0.1) is 11.1 Å². The Morgan fingerprint density at radius 3 is 2.00 bits per heavy atom. The van der Waals surface area contributed by atoms with E-state index >= 15 is 0 Å². The van der Waals surface area contributed by atoms with Gasteiger partial charge in [0.15, 0.2) is 4.32 Å². The number of hydrogen-bond donors (Lipinski definition) is 2. The Kier molecular flexibility index (Phi) is 5.06. The van der Waals surface area contributed by atoms with Gasteiger partial charge in [-0.2, -0.15) is 26.3 Å². The summed E-state index contributed by atoms with van der Waals surface area (Å²) in [6.07, 6.45) is -6.12. The van der Waals surface area contributed by atoms with E-state index < -0.39 is 45.5 Å². The second-order valence-electron chi connectivity index (χ2n) is 5.21. The highest BCUT2D eigenvalue weighted by Gasteiger charge is 2.41. The number of allylic oxidation sites excluding steroid dienone is 2. The summed E-state index contributed by atoms with van der Waals surface area (Å²) in [4.78, 5) is 12.3. The molecule has 0 saturated heterocycles. The second kappa shape index (κ2) is 6.49. The zero-order chi connectivity index (χ0) is 19.0. The topological polar surface area (TPSA) is 49.3 Å². The molecule has 2 N–H and O–H groups in total. The van der Waals surface area contributed by atoms with Crippen LogP contribution in [0.15, 0.2) is 42.5 Å². The first-order chi connectivity index (χ1) is 11.3. The zero-order valence-electron chi connectivity index (χ0n) is 12.1. The molecule has 2 rings (SSSR count). The van der Waals surface area contributed by atoms with Gasteiger partial charge >= 0.3 is 12.4 Å². The molecule has 1 amide bonds. The number of hydrogen-bond acceptors (Lipinski definition) is 2. The lowest BCUT2D eigenvalue weighted by molar-refractivity contribution is -0.143. The number of amides is 1. The molecule has 2 atom stereocenters. The molecule has 0 spiro atoms. The monoisotopic (exact) mass is 429 g/mol. The van der Waals surface area contributed by atoms with E-state index in [2.05, 4.69) is 15.9 Å². The lowest BCUT2D eigenvalue weighted by atomic mass is 9.96. The summed E-state index contributed by atoms with van der Waals surface area (Å²) in [5, 5.41) is 11.8. The molecule has 1 aliphatic rings. The van der Waals surface area contributed by atoms with Crippen LogP contribution in [0, 0.1) is 0 Å². The van der Waals surface area contributed by atoms with Crippen LogP contribution in [0.2, 0.25) is 0 Å². The molecule has 0 aromatic heterocycles. The number of benzene rings is 1. The fourth-order valence-corrected chi connectivity index (χ4v) is 2.47. The molecular formula is C15H10BrF6NO2. The number of carbonyl (C=O) groups excluding carboxylic acids is 1. The SMILES string of the molecule is O=C(Nc1cc(C(F)(F)F)cc(C(F)(F)F)c1)C1(Br)C=CC=CC1O. The Morgan fingerprint density at radius 2 is 1.56 bits per heavy atom. The fourth-order valence-electron chi connectivity index (χ4n) is 2.07. The van der Waals surface area contributed by atoms with Crippen molar-refractivity contribution in [1.82, 2.24) is 0 Å². The van der Waals surface area contributed by atoms with Crippen LogP contribution in [-0.4, -0.2) is 21.4 Å². The number of anilines is 1. The Bertz CT molecular complexity index is 708. The summed E-state index contributed by atoms with van der Waals surface area (Å²) in [6.45, 7) is 0. The van der Waals surface area contributed by atoms with Gasteiger partial charge in [-0.15, -0.1) is 0 Å². The molecule has 1 aliphatic carbocycles. The minimum atomic E-state index is -5.03. The molecule has 3 nitrogen and oxygen atoms in total. The van der Waals surface area contributed by atoms with Gasteiger partial charge in [0.2, 0.25) is 5.91 Å². The summed E-state index contributed by atoms with van der Waals surface area (Å²) in [5.74, 6) is -1.02. The van der Waals surface area contributed by atoms with Crippen molar-refractivity contribution in [2.75, 3.05) is 5.32 Å². The van der Waals surface area contributed by atoms with Crippen molar-refractivity contribution in [1.29, 1.82) is 0 Å². The standard InChI is InChI=1S/C15H10BrF6NO2/c16-13(4-2-1-3-11(13)24)12(25)23-10-6-8(14(17,18)19)5-9(7-10)15(20,21)22/h1-7,11,24H,(H,23,25). The summed E-state index contributed by atoms with van der Waals surface area (Å²) in [5.41, 5.74) is -3.80. The van der Waals surface area contributed by atoms with Gasteiger partial charge in [-0.3, -0.25) is 4.79 Å². The Hall–Kier alpha value is -1.81. The first kappa shape index (κ1) is 19.5. The number of aliphatic hydroxyl groups is 1. The number of carbonyl (C=O) groups is 1. The van der Waals surface area contributed by atoms with Gasteiger partial charge < -0.3 is 10.4 Å². The first-order valence-corrected chi connectivity index (χ1v) is 7.47. The largest absolute Gasteiger partial charge is 0.416 e. The predicted molar refractivity (Wildman–Crippen MR) is 81.0 cm³/mol. The minimum Gasteiger partial charge on any atom is -0.387 e. The maximum absolute atomic E-state index is 12.8. The van der Waals surface area contributed by atoms with Crippen LogP contribution in [0.3, 0.4) is 0 Å². The first-order valence-electron chi connectivity index (χ1n) is 6.68. The number of nitrogens with one attached hydrogen (secondary N) is 1. The molecule has 0 bridgehead atoms. The van der Waals surface area contributed by atoms with Gasteiger partial charge in [0.1, 0.15) is 6.10 Å². The van der Waals surface area contributed by atoms with E-state index in [1.807, 2.05) is 5.32 Å². The van der Waals surface area contributed by atoms with Crippen LogP contribution < -0.4 is 5.32 Å². The molecule has 0 saturated carbocycles. The second-order valence-corrected chi connectivity index (χ2v) is 6.52. The smallest absolute Gasteiger partial charge is 0.387 e. The average molecular weight is 430 g/mol. The van der Waals surface area contributed by atoms with Crippen LogP contribution in [-0.2, 0) is 17.1 Å². The highest BCUT2D eigenvalue weighted by Crippen LogP contribution is 2.38. The van der Waals surface area contributed by atoms with Crippen molar-refractivity contribution in [3.63, 3.8) is 0 Å². The lowest BCUT2D eigenvalue weighted by Gasteiger charge is -2.28. The van der Waals surface area contributed by atoms with Crippen LogP contribution in [0.25, 0.3) is 0 Å². The third kappa shape index (κ3) is 4.24. The van der Waals surface area contributed by atoms with E-state index in [0.29, 0.717) is 12.1 Å². The maximum atomic E-state index is 12.8. The predicted octanol–water partition coefficient (Wildman–Crippen LogP) is 4.28. The van der Waals surface area contributed by atoms with Crippen LogP contribution in [0.5, 0.6) is 0 Å². The van der Waals surface area contributed by atoms with E-state index in [9.17, 15) is 36.2 Å². The van der Waals surface area contributed by atoms with Crippen molar-refractivity contribution in [2.45, 2.75) is 22.8 Å². The number of halogens is 7. The van der Waals surface area contributed by atoms with E-state index in [1.165, 1.54) is 24.3 Å². The third-order valence-corrected chi connectivity index (χ3v) is 4.46. The highest BCUT2D eigenvalue weighted by molar-refractivity contribution is 9.10. The highest BCUT2D eigenvalue weighted by atomic mass is 79.9. The lowest BCUT2D eigenvalue weighted by Crippen LogP contribution is -2.45. The van der Waals surface area contributed by atoms with E-state index in [-0.39, 0.29) is 6.07 Å². The molecular weight excluding hydrogens is 420 g/mol. The molecule has 25 heavy (non-hydrogen) atoms. The Balaban J connectivity index is 2.40. The molecule has 1 aromatic carbocycles. The summed E-state index contributed by atoms with van der Waals surface area (Å²) >= 11 is 2.96. The van der Waals surface area contributed by atoms with Crippen molar-refractivity contribution < 1.29 is 36.2 Å². The molecule has 0 aliphatic heterocycles. The zero-order valence-corrected chi connectivity index (χ0v) is 13.7.